The zero-order chi connectivity index (χ0) is 27.2. The summed E-state index contributed by atoms with van der Waals surface area (Å²) in [4.78, 5) is 32.3. The minimum absolute atomic E-state index is 0.0236. The Kier molecular flexibility index (Phi) is 8.36. The van der Waals surface area contributed by atoms with E-state index in [-0.39, 0.29) is 24.5 Å². The average Bonchev–Trinajstić information content (AvgIpc) is 3.50. The second-order valence-corrected chi connectivity index (χ2v) is 10.1. The second-order valence-electron chi connectivity index (χ2n) is 10.1. The fourth-order valence-corrected chi connectivity index (χ4v) is 4.99. The summed E-state index contributed by atoms with van der Waals surface area (Å²) in [6.45, 7) is 5.61. The van der Waals surface area contributed by atoms with Crippen molar-refractivity contribution in [3.8, 4) is 17.0 Å². The van der Waals surface area contributed by atoms with Gasteiger partial charge in [0.25, 0.3) is 5.91 Å². The first kappa shape index (κ1) is 26.6. The van der Waals surface area contributed by atoms with Gasteiger partial charge < -0.3 is 24.2 Å². The Morgan fingerprint density at radius 3 is 2.33 bits per heavy atom. The molecule has 1 atom stereocenters. The van der Waals surface area contributed by atoms with Gasteiger partial charge in [-0.25, -0.2) is 0 Å². The van der Waals surface area contributed by atoms with E-state index in [9.17, 15) is 9.59 Å². The van der Waals surface area contributed by atoms with Gasteiger partial charge in [0.1, 0.15) is 12.3 Å². The Morgan fingerprint density at radius 1 is 0.974 bits per heavy atom. The van der Waals surface area contributed by atoms with Crippen LogP contribution in [0.1, 0.15) is 28.8 Å². The third-order valence-corrected chi connectivity index (χ3v) is 7.35. The van der Waals surface area contributed by atoms with E-state index in [1.54, 1.807) is 36.3 Å². The average molecular weight is 530 g/mol. The normalized spacial score (nSPS) is 17.2. The Morgan fingerprint density at radius 2 is 1.72 bits per heavy atom. The predicted molar refractivity (Wildman–Crippen MR) is 149 cm³/mol. The zero-order valence-corrected chi connectivity index (χ0v) is 22.6. The van der Waals surface area contributed by atoms with E-state index in [0.29, 0.717) is 50.6 Å². The molecule has 2 aromatic carbocycles. The Balaban J connectivity index is 1.19. The number of anilines is 1. The Hall–Kier alpha value is -3.98. The second kappa shape index (κ2) is 12.3. The van der Waals surface area contributed by atoms with Gasteiger partial charge in [-0.15, -0.1) is 10.2 Å². The molecule has 2 fully saturated rings. The molecule has 0 bridgehead atoms. The third-order valence-electron chi connectivity index (χ3n) is 7.35. The van der Waals surface area contributed by atoms with Crippen LogP contribution in [0.25, 0.3) is 11.3 Å². The summed E-state index contributed by atoms with van der Waals surface area (Å²) in [7, 11) is 1.59. The van der Waals surface area contributed by atoms with Crippen molar-refractivity contribution in [2.24, 2.45) is 0 Å². The lowest BCUT2D eigenvalue weighted by molar-refractivity contribution is -0.132. The van der Waals surface area contributed by atoms with Crippen molar-refractivity contribution in [1.82, 2.24) is 20.0 Å². The SMILES string of the molecule is COc1ccc(C(=O)N(CC(=O)N2CCN(c3ccc(-c4ccc(C)cc4)nn3)CC2)C[C@@H]2CCCO2)cc1. The first-order chi connectivity index (χ1) is 19.0. The summed E-state index contributed by atoms with van der Waals surface area (Å²) < 4.78 is 11.0. The smallest absolute Gasteiger partial charge is 0.254 e. The number of methoxy groups -OCH3 is 1. The van der Waals surface area contributed by atoms with Gasteiger partial charge in [0.05, 0.1) is 18.9 Å². The van der Waals surface area contributed by atoms with Crippen LogP contribution in [0, 0.1) is 6.92 Å². The number of carbonyl (C=O) groups excluding carboxylic acids is 2. The lowest BCUT2D eigenvalue weighted by Crippen LogP contribution is -2.52. The molecule has 2 aliphatic heterocycles. The number of ether oxygens (including phenoxy) is 2. The Labute approximate surface area is 229 Å². The van der Waals surface area contributed by atoms with Crippen LogP contribution in [0.4, 0.5) is 5.82 Å². The first-order valence-corrected chi connectivity index (χ1v) is 13.5. The van der Waals surface area contributed by atoms with E-state index in [1.807, 2.05) is 29.2 Å². The molecule has 0 aliphatic carbocycles. The molecule has 3 aromatic rings. The predicted octanol–water partition coefficient (Wildman–Crippen LogP) is 3.43. The van der Waals surface area contributed by atoms with Crippen LogP contribution in [0.3, 0.4) is 0 Å². The number of rotatable bonds is 8. The molecule has 0 N–H and O–H groups in total. The van der Waals surface area contributed by atoms with Gasteiger partial charge in [0, 0.05) is 50.5 Å². The van der Waals surface area contributed by atoms with Crippen molar-refractivity contribution < 1.29 is 19.1 Å². The molecule has 0 unspecified atom stereocenters. The van der Waals surface area contributed by atoms with Crippen molar-refractivity contribution in [3.05, 3.63) is 71.8 Å². The van der Waals surface area contributed by atoms with Gasteiger partial charge in [-0.1, -0.05) is 29.8 Å². The number of aromatic nitrogens is 2. The van der Waals surface area contributed by atoms with Gasteiger partial charge in [-0.05, 0) is 56.2 Å². The minimum atomic E-state index is -0.177. The summed E-state index contributed by atoms with van der Waals surface area (Å²) in [5.41, 5.74) is 3.60. The van der Waals surface area contributed by atoms with Crippen LogP contribution < -0.4 is 9.64 Å². The van der Waals surface area contributed by atoms with Crippen LogP contribution in [0.5, 0.6) is 5.75 Å². The number of hydrogen-bond donors (Lipinski definition) is 0. The molecule has 5 rings (SSSR count). The van der Waals surface area contributed by atoms with Crippen molar-refractivity contribution in [2.45, 2.75) is 25.9 Å². The maximum atomic E-state index is 13.4. The molecule has 39 heavy (non-hydrogen) atoms. The van der Waals surface area contributed by atoms with Crippen LogP contribution in [-0.2, 0) is 9.53 Å². The minimum Gasteiger partial charge on any atom is -0.497 e. The van der Waals surface area contributed by atoms with Gasteiger partial charge >= 0.3 is 0 Å². The highest BCUT2D eigenvalue weighted by Crippen LogP contribution is 2.21. The fourth-order valence-electron chi connectivity index (χ4n) is 4.99. The van der Waals surface area contributed by atoms with Gasteiger partial charge in [0.2, 0.25) is 5.91 Å². The summed E-state index contributed by atoms with van der Waals surface area (Å²) >= 11 is 0. The molecular formula is C30H35N5O4. The van der Waals surface area contributed by atoms with Gasteiger partial charge in [-0.2, -0.15) is 0 Å². The van der Waals surface area contributed by atoms with Crippen LogP contribution in [-0.4, -0.2) is 90.9 Å². The number of carbonyl (C=O) groups is 2. The summed E-state index contributed by atoms with van der Waals surface area (Å²) in [6.07, 6.45) is 1.82. The Bertz CT molecular complexity index is 1250. The van der Waals surface area contributed by atoms with Crippen molar-refractivity contribution >= 4 is 17.6 Å². The number of amides is 2. The number of aryl methyl sites for hydroxylation is 1. The molecule has 2 aliphatic rings. The first-order valence-electron chi connectivity index (χ1n) is 13.5. The van der Waals surface area contributed by atoms with Crippen molar-refractivity contribution in [3.63, 3.8) is 0 Å². The third kappa shape index (κ3) is 6.54. The largest absolute Gasteiger partial charge is 0.497 e. The van der Waals surface area contributed by atoms with Crippen LogP contribution in [0.2, 0.25) is 0 Å². The molecule has 0 radical (unpaired) electrons. The van der Waals surface area contributed by atoms with E-state index >= 15 is 0 Å². The molecule has 3 heterocycles. The summed E-state index contributed by atoms with van der Waals surface area (Å²) in [5, 5.41) is 8.86. The number of piperazine rings is 1. The highest BCUT2D eigenvalue weighted by molar-refractivity contribution is 5.96. The van der Waals surface area contributed by atoms with E-state index in [0.717, 1.165) is 29.9 Å². The number of hydrogen-bond acceptors (Lipinski definition) is 7. The molecular weight excluding hydrogens is 494 g/mol. The lowest BCUT2D eigenvalue weighted by atomic mass is 10.1. The lowest BCUT2D eigenvalue weighted by Gasteiger charge is -2.36. The molecule has 9 nitrogen and oxygen atoms in total. The van der Waals surface area contributed by atoms with Crippen molar-refractivity contribution in [1.29, 1.82) is 0 Å². The molecule has 0 saturated carbocycles. The highest BCUT2D eigenvalue weighted by atomic mass is 16.5. The van der Waals surface area contributed by atoms with Crippen molar-refractivity contribution in [2.75, 3.05) is 57.9 Å². The van der Waals surface area contributed by atoms with Crippen LogP contribution >= 0.6 is 0 Å². The number of nitrogens with zero attached hydrogens (tertiary/aromatic N) is 5. The van der Waals surface area contributed by atoms with Crippen LogP contribution in [0.15, 0.2) is 60.7 Å². The van der Waals surface area contributed by atoms with E-state index in [2.05, 4.69) is 34.2 Å². The molecule has 2 saturated heterocycles. The van der Waals surface area contributed by atoms with E-state index in [4.69, 9.17) is 9.47 Å². The standard InChI is InChI=1S/C30H35N5O4/c1-22-5-7-23(8-6-22)27-13-14-28(32-31-27)33-15-17-34(18-16-33)29(36)21-35(20-26-4-3-19-39-26)30(37)24-9-11-25(38-2)12-10-24/h5-14,26H,3-4,15-21H2,1-2H3/t26-/m0/s1. The monoisotopic (exact) mass is 529 g/mol. The molecule has 1 aromatic heterocycles. The number of benzene rings is 2. The zero-order valence-electron chi connectivity index (χ0n) is 22.6. The van der Waals surface area contributed by atoms with Gasteiger partial charge in [0.15, 0.2) is 5.82 Å². The topological polar surface area (TPSA) is 88.1 Å². The quantitative estimate of drug-likeness (QED) is 0.442. The highest BCUT2D eigenvalue weighted by Gasteiger charge is 2.29. The van der Waals surface area contributed by atoms with Gasteiger partial charge in [-0.3, -0.25) is 9.59 Å². The molecule has 2 amide bonds. The molecule has 204 valence electrons. The van der Waals surface area contributed by atoms with E-state index < -0.39 is 0 Å². The fraction of sp³-hybridized carbons (Fsp3) is 0.400. The molecule has 0 spiro atoms. The molecule has 9 heteroatoms. The maximum Gasteiger partial charge on any atom is 0.254 e. The van der Waals surface area contributed by atoms with E-state index in [1.165, 1.54) is 5.56 Å². The maximum absolute atomic E-state index is 13.4. The summed E-state index contributed by atoms with van der Waals surface area (Å²) in [6, 6.07) is 19.2. The summed E-state index contributed by atoms with van der Waals surface area (Å²) in [5.74, 6) is 1.24.